The number of methoxy groups -OCH3 is 3. The Bertz CT molecular complexity index is 1210. The Kier molecular flexibility index (Phi) is 9.29. The number of ether oxygens (including phenoxy) is 3. The van der Waals surface area contributed by atoms with E-state index in [2.05, 4.69) is 5.32 Å². The summed E-state index contributed by atoms with van der Waals surface area (Å²) in [5.41, 5.74) is 2.23. The van der Waals surface area contributed by atoms with Gasteiger partial charge in [0.25, 0.3) is 0 Å². The Balaban J connectivity index is 1.85. The maximum Gasteiger partial charge on any atom is 0.248 e. The van der Waals surface area contributed by atoms with Gasteiger partial charge in [0, 0.05) is 16.6 Å². The number of aryl methyl sites for hydroxylation is 1. The lowest BCUT2D eigenvalue weighted by molar-refractivity contribution is -0.127. The summed E-state index contributed by atoms with van der Waals surface area (Å²) in [6.07, 6.45) is 5.39. The molecule has 2 aromatic carbocycles. The summed E-state index contributed by atoms with van der Waals surface area (Å²) < 4.78 is 16.7. The van der Waals surface area contributed by atoms with E-state index in [1.54, 1.807) is 31.3 Å². The molecule has 0 spiro atoms. The minimum absolute atomic E-state index is 0.0764. The molecule has 38 heavy (non-hydrogen) atoms. The molecule has 1 fully saturated rings. The highest BCUT2D eigenvalue weighted by atomic mass is 32.1. The van der Waals surface area contributed by atoms with Crippen molar-refractivity contribution in [3.63, 3.8) is 0 Å². The molecule has 0 bridgehead atoms. The molecule has 0 radical (unpaired) electrons. The highest BCUT2D eigenvalue weighted by Gasteiger charge is 2.35. The maximum absolute atomic E-state index is 14.2. The number of hydrogen-bond donors (Lipinski definition) is 1. The number of carbonyl (C=O) groups excluding carboxylic acids is 2. The van der Waals surface area contributed by atoms with Gasteiger partial charge in [0.15, 0.2) is 11.5 Å². The van der Waals surface area contributed by atoms with Crippen LogP contribution in [-0.4, -0.2) is 39.2 Å². The molecule has 1 saturated carbocycles. The summed E-state index contributed by atoms with van der Waals surface area (Å²) in [6.45, 7) is 1.97. The zero-order valence-corrected chi connectivity index (χ0v) is 23.3. The molecule has 8 heteroatoms. The molecule has 3 aromatic rings. The van der Waals surface area contributed by atoms with E-state index in [1.165, 1.54) is 24.9 Å². The van der Waals surface area contributed by atoms with E-state index in [1.807, 2.05) is 48.7 Å². The predicted molar refractivity (Wildman–Crippen MR) is 151 cm³/mol. The summed E-state index contributed by atoms with van der Waals surface area (Å²) in [7, 11) is 4.62. The topological polar surface area (TPSA) is 77.1 Å². The van der Waals surface area contributed by atoms with Crippen molar-refractivity contribution in [1.82, 2.24) is 5.32 Å². The van der Waals surface area contributed by atoms with Crippen LogP contribution in [0.3, 0.4) is 0 Å². The number of thiophene rings is 1. The number of amides is 2. The Morgan fingerprint density at radius 3 is 2.26 bits per heavy atom. The second kappa shape index (κ2) is 12.8. The van der Waals surface area contributed by atoms with Gasteiger partial charge in [-0.25, -0.2) is 0 Å². The van der Waals surface area contributed by atoms with Gasteiger partial charge in [0.1, 0.15) is 6.04 Å². The van der Waals surface area contributed by atoms with Gasteiger partial charge in [0.05, 0.1) is 27.8 Å². The number of benzene rings is 2. The fourth-order valence-corrected chi connectivity index (χ4v) is 5.76. The van der Waals surface area contributed by atoms with Crippen molar-refractivity contribution >= 4 is 28.8 Å². The van der Waals surface area contributed by atoms with Crippen LogP contribution in [0.1, 0.15) is 54.1 Å². The molecule has 0 saturated heterocycles. The van der Waals surface area contributed by atoms with E-state index in [4.69, 9.17) is 14.2 Å². The number of hydrogen-bond acceptors (Lipinski definition) is 6. The lowest BCUT2D eigenvalue weighted by Crippen LogP contribution is -2.47. The molecule has 1 N–H and O–H groups in total. The summed E-state index contributed by atoms with van der Waals surface area (Å²) in [5.74, 6) is 0.874. The molecular formula is C30H36N2O5S. The van der Waals surface area contributed by atoms with Crippen LogP contribution in [0.15, 0.2) is 53.9 Å². The Morgan fingerprint density at radius 2 is 1.68 bits per heavy atom. The van der Waals surface area contributed by atoms with E-state index >= 15 is 0 Å². The Hall–Kier alpha value is -3.52. The van der Waals surface area contributed by atoms with Gasteiger partial charge in [-0.3, -0.25) is 14.5 Å². The minimum Gasteiger partial charge on any atom is -0.493 e. The van der Waals surface area contributed by atoms with Crippen LogP contribution >= 0.6 is 11.3 Å². The van der Waals surface area contributed by atoms with Gasteiger partial charge >= 0.3 is 0 Å². The molecule has 1 atom stereocenters. The van der Waals surface area contributed by atoms with Crippen molar-refractivity contribution in [1.29, 1.82) is 0 Å². The lowest BCUT2D eigenvalue weighted by atomic mass is 9.94. The SMILES string of the molecule is COc1cc([C@@H](C(=O)NC2CCCCC2)N(C(=O)Cc2cccs2)c2cccc(C)c2)cc(OC)c1OC. The molecule has 1 heterocycles. The van der Waals surface area contributed by atoms with E-state index in [9.17, 15) is 9.59 Å². The molecule has 2 amide bonds. The normalized spacial score (nSPS) is 14.4. The average molecular weight is 537 g/mol. The van der Waals surface area contributed by atoms with Crippen LogP contribution in [0.2, 0.25) is 0 Å². The largest absolute Gasteiger partial charge is 0.493 e. The fraction of sp³-hybridized carbons (Fsp3) is 0.400. The second-order valence-corrected chi connectivity index (χ2v) is 10.6. The summed E-state index contributed by atoms with van der Waals surface area (Å²) >= 11 is 1.52. The lowest BCUT2D eigenvalue weighted by Gasteiger charge is -2.34. The van der Waals surface area contributed by atoms with Crippen LogP contribution in [-0.2, 0) is 16.0 Å². The summed E-state index contributed by atoms with van der Waals surface area (Å²) in [6, 6.07) is 14.2. The van der Waals surface area contributed by atoms with Gasteiger partial charge < -0.3 is 19.5 Å². The van der Waals surface area contributed by atoms with Crippen molar-refractivity contribution in [2.75, 3.05) is 26.2 Å². The molecule has 202 valence electrons. The monoisotopic (exact) mass is 536 g/mol. The minimum atomic E-state index is -0.945. The highest BCUT2D eigenvalue weighted by Crippen LogP contribution is 2.42. The van der Waals surface area contributed by atoms with Gasteiger partial charge in [0.2, 0.25) is 17.6 Å². The highest BCUT2D eigenvalue weighted by molar-refractivity contribution is 7.10. The Morgan fingerprint density at radius 1 is 0.974 bits per heavy atom. The van der Waals surface area contributed by atoms with Gasteiger partial charge in [-0.15, -0.1) is 11.3 Å². The molecule has 0 unspecified atom stereocenters. The van der Waals surface area contributed by atoms with E-state index in [0.717, 1.165) is 36.1 Å². The van der Waals surface area contributed by atoms with Crippen molar-refractivity contribution in [3.8, 4) is 17.2 Å². The standard InChI is InChI=1S/C30H36N2O5S/c1-20-10-8-13-23(16-20)32(27(33)19-24-14-9-15-38-24)28(30(34)31-22-11-6-5-7-12-22)21-17-25(35-2)29(37-4)26(18-21)36-3/h8-10,13-18,22,28H,5-7,11-12,19H2,1-4H3,(H,31,34)/t28-/m0/s1. The zero-order valence-electron chi connectivity index (χ0n) is 22.5. The third-order valence-electron chi connectivity index (χ3n) is 6.91. The second-order valence-electron chi connectivity index (χ2n) is 9.56. The van der Waals surface area contributed by atoms with E-state index < -0.39 is 6.04 Å². The van der Waals surface area contributed by atoms with E-state index in [0.29, 0.717) is 28.5 Å². The molecule has 1 aliphatic rings. The maximum atomic E-state index is 14.2. The van der Waals surface area contributed by atoms with Crippen molar-refractivity contribution in [2.45, 2.75) is 57.5 Å². The number of anilines is 1. The smallest absolute Gasteiger partial charge is 0.248 e. The third-order valence-corrected chi connectivity index (χ3v) is 7.79. The molecule has 1 aromatic heterocycles. The number of nitrogens with zero attached hydrogens (tertiary/aromatic N) is 1. The van der Waals surface area contributed by atoms with Crippen molar-refractivity contribution in [3.05, 3.63) is 69.9 Å². The fourth-order valence-electron chi connectivity index (χ4n) is 5.07. The molecular weight excluding hydrogens is 500 g/mol. The van der Waals surface area contributed by atoms with Crippen LogP contribution in [0.4, 0.5) is 5.69 Å². The number of rotatable bonds is 10. The van der Waals surface area contributed by atoms with Crippen LogP contribution in [0.5, 0.6) is 17.2 Å². The molecule has 7 nitrogen and oxygen atoms in total. The van der Waals surface area contributed by atoms with E-state index in [-0.39, 0.29) is 24.3 Å². The van der Waals surface area contributed by atoms with Gasteiger partial charge in [-0.05, 0) is 66.6 Å². The summed E-state index contributed by atoms with van der Waals surface area (Å²) in [5, 5.41) is 5.21. The Labute approximate surface area is 228 Å². The predicted octanol–water partition coefficient (Wildman–Crippen LogP) is 5.85. The third kappa shape index (κ3) is 6.30. The molecule has 1 aliphatic carbocycles. The van der Waals surface area contributed by atoms with Gasteiger partial charge in [-0.2, -0.15) is 0 Å². The first kappa shape index (κ1) is 27.5. The van der Waals surface area contributed by atoms with Gasteiger partial charge in [-0.1, -0.05) is 37.5 Å². The zero-order chi connectivity index (χ0) is 27.1. The quantitative estimate of drug-likeness (QED) is 0.352. The average Bonchev–Trinajstić information content (AvgIpc) is 3.44. The van der Waals surface area contributed by atoms with Crippen LogP contribution < -0.4 is 24.4 Å². The number of nitrogens with one attached hydrogen (secondary N) is 1. The van der Waals surface area contributed by atoms with Crippen LogP contribution in [0.25, 0.3) is 0 Å². The first-order valence-corrected chi connectivity index (χ1v) is 13.8. The first-order valence-electron chi connectivity index (χ1n) is 13.0. The first-order chi connectivity index (χ1) is 18.4. The number of carbonyl (C=O) groups is 2. The van der Waals surface area contributed by atoms with Crippen LogP contribution in [0, 0.1) is 6.92 Å². The molecule has 4 rings (SSSR count). The summed E-state index contributed by atoms with van der Waals surface area (Å²) in [4.78, 5) is 30.7. The van der Waals surface area contributed by atoms with Crippen molar-refractivity contribution in [2.24, 2.45) is 0 Å². The molecule has 0 aliphatic heterocycles. The van der Waals surface area contributed by atoms with Crippen molar-refractivity contribution < 1.29 is 23.8 Å².